The summed E-state index contributed by atoms with van der Waals surface area (Å²) in [7, 11) is 0. The van der Waals surface area contributed by atoms with Crippen LogP contribution < -0.4 is 0 Å². The number of aromatic nitrogens is 1. The van der Waals surface area contributed by atoms with Gasteiger partial charge < -0.3 is 5.11 Å². The van der Waals surface area contributed by atoms with E-state index in [0.717, 1.165) is 0 Å². The maximum Gasteiger partial charge on any atom is 0.0908 e. The second kappa shape index (κ2) is 6.04. The number of aliphatic hydroxyl groups is 1. The fourth-order valence-electron chi connectivity index (χ4n) is 1.55. The Bertz CT molecular complexity index is 645. The highest BCUT2D eigenvalue weighted by molar-refractivity contribution is 6.49. The van der Waals surface area contributed by atoms with Gasteiger partial charge in [0, 0.05) is 17.3 Å². The summed E-state index contributed by atoms with van der Waals surface area (Å²) in [6, 6.07) is 3.25. The molecule has 0 aliphatic rings. The number of hydrogen-bond acceptors (Lipinski definition) is 2. The molecule has 0 amide bonds. The van der Waals surface area contributed by atoms with E-state index in [1.165, 1.54) is 6.20 Å². The van der Waals surface area contributed by atoms with Crippen LogP contribution in [0, 0.1) is 0 Å². The summed E-state index contributed by atoms with van der Waals surface area (Å²) in [6.45, 7) is -0.299. The summed E-state index contributed by atoms with van der Waals surface area (Å²) in [6.07, 6.45) is 1.40. The summed E-state index contributed by atoms with van der Waals surface area (Å²) in [4.78, 5) is 4.13. The van der Waals surface area contributed by atoms with Crippen molar-refractivity contribution >= 4 is 58.0 Å². The topological polar surface area (TPSA) is 33.1 Å². The first-order chi connectivity index (χ1) is 8.97. The van der Waals surface area contributed by atoms with Crippen molar-refractivity contribution in [3.63, 3.8) is 0 Å². The molecule has 2 nitrogen and oxygen atoms in total. The molecule has 0 aliphatic heterocycles. The minimum absolute atomic E-state index is 0.221. The Kier molecular flexibility index (Phi) is 4.83. The molecule has 0 radical (unpaired) electrons. The molecule has 2 aromatic rings. The Morgan fingerprint density at radius 1 is 0.895 bits per heavy atom. The molecule has 7 heteroatoms. The van der Waals surface area contributed by atoms with E-state index in [9.17, 15) is 5.11 Å². The van der Waals surface area contributed by atoms with Crippen molar-refractivity contribution in [2.24, 2.45) is 0 Å². The lowest BCUT2D eigenvalue weighted by Gasteiger charge is -2.11. The van der Waals surface area contributed by atoms with Crippen LogP contribution in [0.2, 0.25) is 25.1 Å². The number of aliphatic hydroxyl groups excluding tert-OH is 1. The van der Waals surface area contributed by atoms with Gasteiger partial charge >= 0.3 is 0 Å². The van der Waals surface area contributed by atoms with Crippen LogP contribution in [0.5, 0.6) is 0 Å². The average Bonchev–Trinajstić information content (AvgIpc) is 2.38. The van der Waals surface area contributed by atoms with Crippen molar-refractivity contribution in [2.45, 2.75) is 6.61 Å². The molecule has 2 rings (SSSR count). The lowest BCUT2D eigenvalue weighted by Crippen LogP contribution is -1.94. The summed E-state index contributed by atoms with van der Waals surface area (Å²) in [5.41, 5.74) is 1.29. The molecule has 0 spiro atoms. The fourth-order valence-corrected chi connectivity index (χ4v) is 2.73. The number of hydrogen-bond donors (Lipinski definition) is 1. The summed E-state index contributed by atoms with van der Waals surface area (Å²) >= 11 is 30.0. The number of pyridine rings is 1. The van der Waals surface area contributed by atoms with E-state index in [1.54, 1.807) is 12.1 Å². The molecule has 0 fully saturated rings. The Hall–Kier alpha value is -0.220. The molecule has 0 saturated carbocycles. The Labute approximate surface area is 134 Å². The Morgan fingerprint density at radius 2 is 1.58 bits per heavy atom. The molecule has 0 saturated heterocycles. The van der Waals surface area contributed by atoms with Gasteiger partial charge in [-0.3, -0.25) is 4.98 Å². The van der Waals surface area contributed by atoms with Gasteiger partial charge in [-0.05, 0) is 12.1 Å². The highest BCUT2D eigenvalue weighted by Gasteiger charge is 2.17. The van der Waals surface area contributed by atoms with Gasteiger partial charge in [0.15, 0.2) is 0 Å². The van der Waals surface area contributed by atoms with Crippen molar-refractivity contribution in [3.05, 3.63) is 49.0 Å². The van der Waals surface area contributed by atoms with Crippen molar-refractivity contribution in [3.8, 4) is 11.3 Å². The third-order valence-electron chi connectivity index (χ3n) is 2.52. The van der Waals surface area contributed by atoms with Crippen molar-refractivity contribution in [1.82, 2.24) is 4.98 Å². The highest BCUT2D eigenvalue weighted by Crippen LogP contribution is 2.41. The molecular formula is C12H6Cl5NO. The molecule has 0 atom stereocenters. The number of rotatable bonds is 2. The highest BCUT2D eigenvalue weighted by atomic mass is 35.5. The first-order valence-corrected chi connectivity index (χ1v) is 6.94. The zero-order valence-corrected chi connectivity index (χ0v) is 13.0. The van der Waals surface area contributed by atoms with Gasteiger partial charge in [0.2, 0.25) is 0 Å². The van der Waals surface area contributed by atoms with E-state index in [0.29, 0.717) is 21.8 Å². The fraction of sp³-hybridized carbons (Fsp3) is 0.0833. The number of benzene rings is 1. The predicted octanol–water partition coefficient (Wildman–Crippen LogP) is 5.51. The number of halogens is 5. The molecular weight excluding hydrogens is 351 g/mol. The molecule has 0 unspecified atom stereocenters. The zero-order valence-electron chi connectivity index (χ0n) is 9.22. The Balaban J connectivity index is 2.70. The Morgan fingerprint density at radius 3 is 2.21 bits per heavy atom. The molecule has 1 N–H and O–H groups in total. The van der Waals surface area contributed by atoms with Gasteiger partial charge in [0.25, 0.3) is 0 Å². The minimum Gasteiger partial charge on any atom is -0.392 e. The lowest BCUT2D eigenvalue weighted by molar-refractivity contribution is 0.282. The van der Waals surface area contributed by atoms with Crippen molar-refractivity contribution < 1.29 is 5.11 Å². The molecule has 1 aromatic carbocycles. The van der Waals surface area contributed by atoms with Crippen LogP contribution in [0.1, 0.15) is 5.56 Å². The van der Waals surface area contributed by atoms with E-state index < -0.39 is 0 Å². The monoisotopic (exact) mass is 355 g/mol. The molecule has 100 valence electrons. The van der Waals surface area contributed by atoms with Crippen LogP contribution >= 0.6 is 58.0 Å². The maximum absolute atomic E-state index is 9.26. The predicted molar refractivity (Wildman–Crippen MR) is 80.6 cm³/mol. The first-order valence-electron chi connectivity index (χ1n) is 5.05. The largest absolute Gasteiger partial charge is 0.392 e. The normalized spacial score (nSPS) is 10.8. The quantitative estimate of drug-likeness (QED) is 0.719. The van der Waals surface area contributed by atoms with Gasteiger partial charge in [-0.25, -0.2) is 0 Å². The van der Waals surface area contributed by atoms with E-state index in [-0.39, 0.29) is 26.7 Å². The van der Waals surface area contributed by atoms with E-state index in [1.807, 2.05) is 0 Å². The average molecular weight is 357 g/mol. The van der Waals surface area contributed by atoms with Crippen LogP contribution in [0.25, 0.3) is 11.3 Å². The van der Waals surface area contributed by atoms with E-state index in [4.69, 9.17) is 58.0 Å². The third kappa shape index (κ3) is 2.80. The van der Waals surface area contributed by atoms with Gasteiger partial charge in [-0.2, -0.15) is 0 Å². The van der Waals surface area contributed by atoms with Gasteiger partial charge in [0.05, 0.1) is 37.4 Å². The van der Waals surface area contributed by atoms with Gasteiger partial charge in [0.1, 0.15) is 0 Å². The second-order valence-electron chi connectivity index (χ2n) is 3.63. The maximum atomic E-state index is 9.26. The minimum atomic E-state index is -0.299. The van der Waals surface area contributed by atoms with Crippen molar-refractivity contribution in [1.29, 1.82) is 0 Å². The smallest absolute Gasteiger partial charge is 0.0908 e. The number of nitrogens with zero attached hydrogens (tertiary/aromatic N) is 1. The second-order valence-corrected chi connectivity index (χ2v) is 5.58. The summed E-state index contributed by atoms with van der Waals surface area (Å²) in [5, 5.41) is 10.6. The first kappa shape index (κ1) is 15.2. The molecule has 1 heterocycles. The van der Waals surface area contributed by atoms with E-state index in [2.05, 4.69) is 4.98 Å². The van der Waals surface area contributed by atoms with Crippen LogP contribution in [-0.2, 0) is 6.61 Å². The van der Waals surface area contributed by atoms with Crippen molar-refractivity contribution in [2.75, 3.05) is 0 Å². The third-order valence-corrected chi connectivity index (χ3v) is 4.54. The van der Waals surface area contributed by atoms with Crippen LogP contribution in [-0.4, -0.2) is 10.1 Å². The molecule has 0 bridgehead atoms. The van der Waals surface area contributed by atoms with Gasteiger partial charge in [-0.1, -0.05) is 58.0 Å². The summed E-state index contributed by atoms with van der Waals surface area (Å²) < 4.78 is 0. The summed E-state index contributed by atoms with van der Waals surface area (Å²) in [5.74, 6) is 0. The van der Waals surface area contributed by atoms with Crippen LogP contribution in [0.15, 0.2) is 18.3 Å². The standard InChI is InChI=1S/C12H6Cl5NO/c13-7-2-1-5(9(15)11(7)17)12-10(16)6(4-19)8(14)3-18-12/h1-3,19H,4H2. The SMILES string of the molecule is OCc1c(Cl)cnc(-c2ccc(Cl)c(Cl)c2Cl)c1Cl. The zero-order chi connectivity index (χ0) is 14.2. The van der Waals surface area contributed by atoms with Gasteiger partial charge in [-0.15, -0.1) is 0 Å². The lowest BCUT2D eigenvalue weighted by atomic mass is 10.1. The molecule has 0 aliphatic carbocycles. The van der Waals surface area contributed by atoms with Crippen LogP contribution in [0.3, 0.4) is 0 Å². The molecule has 1 aromatic heterocycles. The van der Waals surface area contributed by atoms with Crippen LogP contribution in [0.4, 0.5) is 0 Å². The van der Waals surface area contributed by atoms with E-state index >= 15 is 0 Å². The molecule has 19 heavy (non-hydrogen) atoms.